The van der Waals surface area contributed by atoms with Crippen molar-refractivity contribution in [1.82, 2.24) is 4.90 Å². The molecule has 1 aliphatic heterocycles. The van der Waals surface area contributed by atoms with Crippen molar-refractivity contribution in [3.63, 3.8) is 0 Å². The number of ketones is 1. The summed E-state index contributed by atoms with van der Waals surface area (Å²) in [4.78, 5) is 28.0. The summed E-state index contributed by atoms with van der Waals surface area (Å²) in [5, 5.41) is 22.8. The monoisotopic (exact) mass is 475 g/mol. The first-order chi connectivity index (χ1) is 14.8. The van der Waals surface area contributed by atoms with Gasteiger partial charge in [0.15, 0.2) is 5.78 Å². The highest BCUT2D eigenvalue weighted by Crippen LogP contribution is 2.39. The van der Waals surface area contributed by atoms with Crippen LogP contribution in [0, 0.1) is 17.8 Å². The molecule has 1 rings (SSSR count). The first-order valence-corrected chi connectivity index (χ1v) is 12.0. The van der Waals surface area contributed by atoms with Crippen molar-refractivity contribution < 1.29 is 33.7 Å². The number of esters is 1. The molecule has 1 aliphatic rings. The molecule has 0 aromatic heterocycles. The molecule has 8 heteroatoms. The Morgan fingerprint density at radius 3 is 2.06 bits per heavy atom. The molecule has 194 valence electrons. The Hall–Kier alpha value is -1.09. The Morgan fingerprint density at radius 2 is 1.61 bits per heavy atom. The number of ether oxygens (including phenoxy) is 2. The molecule has 0 aromatic carbocycles. The zero-order valence-corrected chi connectivity index (χ0v) is 22.4. The van der Waals surface area contributed by atoms with Gasteiger partial charge in [0.05, 0.1) is 5.60 Å². The predicted molar refractivity (Wildman–Crippen MR) is 126 cm³/mol. The minimum absolute atomic E-state index is 0.0923. The number of Topliss-reactive ketones (excluding diaryl/α,β-unsaturated/α-hetero) is 1. The van der Waals surface area contributed by atoms with Gasteiger partial charge in [0.1, 0.15) is 17.3 Å². The zero-order valence-electron chi connectivity index (χ0n) is 22.4. The molecule has 2 N–H and O–H groups in total. The number of aliphatic hydroxyl groups is 2. The highest BCUT2D eigenvalue weighted by Gasteiger charge is 2.56. The fourth-order valence-corrected chi connectivity index (χ4v) is 5.16. The number of halogens is 1. The van der Waals surface area contributed by atoms with Crippen molar-refractivity contribution in [3.05, 3.63) is 0 Å². The minimum Gasteiger partial charge on any atom is -0.457 e. The lowest BCUT2D eigenvalue weighted by Gasteiger charge is -2.49. The van der Waals surface area contributed by atoms with E-state index in [0.29, 0.717) is 13.0 Å². The highest BCUT2D eigenvalue weighted by atomic mass is 19.1. The number of hydrogen-bond donors (Lipinski definition) is 2. The summed E-state index contributed by atoms with van der Waals surface area (Å²) in [6, 6.07) is -0.531. The van der Waals surface area contributed by atoms with Crippen molar-refractivity contribution in [1.29, 1.82) is 0 Å². The highest BCUT2D eigenvalue weighted by molar-refractivity contribution is 6.07. The Kier molecular flexibility index (Phi) is 9.31. The lowest BCUT2D eigenvalue weighted by atomic mass is 9.73. The third-order valence-corrected chi connectivity index (χ3v) is 8.54. The number of carbonyl (C=O) groups is 2. The molecule has 1 saturated heterocycles. The average molecular weight is 476 g/mol. The van der Waals surface area contributed by atoms with Crippen LogP contribution in [0.25, 0.3) is 0 Å². The standard InChI is InChI=1S/C25H46FNO6/c1-12-19-25(9,31)24(8,30)18(5)27(10)14-15(2)13-22(6,32-11)17(4)16(3)20(28)23(7,26)21(29)33-19/h15-19,30-31H,12-14H2,1-11H3/t15-,16-,17-,18-,19-,22-,23+,24+,25-/m1/s1. The van der Waals surface area contributed by atoms with Crippen LogP contribution in [0.15, 0.2) is 0 Å². The van der Waals surface area contributed by atoms with Gasteiger partial charge in [-0.2, -0.15) is 0 Å². The minimum atomic E-state index is -2.91. The SMILES string of the molecule is CC[C@H]1OC(=O)[C@@](C)(F)C(=O)[C@H](C)[C@@H](C)[C@](C)(OC)C[C@@H](C)CN(C)[C@H](C)[C@](C)(O)[C@]1(C)O. The number of carbonyl (C=O) groups excluding carboxylic acids is 2. The number of alkyl halides is 1. The van der Waals surface area contributed by atoms with E-state index in [-0.39, 0.29) is 18.3 Å². The molecule has 33 heavy (non-hydrogen) atoms. The van der Waals surface area contributed by atoms with Crippen LogP contribution in [0.2, 0.25) is 0 Å². The fourth-order valence-electron chi connectivity index (χ4n) is 5.16. The van der Waals surface area contributed by atoms with Crippen LogP contribution in [-0.4, -0.2) is 82.2 Å². The second-order valence-corrected chi connectivity index (χ2v) is 11.0. The first kappa shape index (κ1) is 29.9. The van der Waals surface area contributed by atoms with Crippen LogP contribution in [0.5, 0.6) is 0 Å². The normalized spacial score (nSPS) is 47.5. The maximum absolute atomic E-state index is 15.6. The fraction of sp³-hybridized carbons (Fsp3) is 0.920. The first-order valence-electron chi connectivity index (χ1n) is 12.0. The molecular weight excluding hydrogens is 429 g/mol. The van der Waals surface area contributed by atoms with E-state index in [4.69, 9.17) is 9.47 Å². The summed E-state index contributed by atoms with van der Waals surface area (Å²) in [6.07, 6.45) is -0.527. The number of cyclic esters (lactones) is 1. The van der Waals surface area contributed by atoms with Crippen molar-refractivity contribution in [2.24, 2.45) is 17.8 Å². The van der Waals surface area contributed by atoms with Gasteiger partial charge < -0.3 is 24.6 Å². The number of likely N-dealkylation sites (N-methyl/N-ethyl adjacent to an activating group) is 1. The topological polar surface area (TPSA) is 96.3 Å². The van der Waals surface area contributed by atoms with Crippen LogP contribution in [0.1, 0.15) is 75.2 Å². The molecule has 0 spiro atoms. The largest absolute Gasteiger partial charge is 0.457 e. The van der Waals surface area contributed by atoms with Crippen LogP contribution < -0.4 is 0 Å². The van der Waals surface area contributed by atoms with Crippen LogP contribution in [-0.2, 0) is 19.1 Å². The van der Waals surface area contributed by atoms with Crippen molar-refractivity contribution >= 4 is 11.8 Å². The quantitative estimate of drug-likeness (QED) is 0.468. The Balaban J connectivity index is 3.62. The molecule has 1 heterocycles. The summed E-state index contributed by atoms with van der Waals surface area (Å²) in [7, 11) is 3.42. The van der Waals surface area contributed by atoms with Gasteiger partial charge in [-0.15, -0.1) is 0 Å². The van der Waals surface area contributed by atoms with E-state index in [2.05, 4.69) is 0 Å². The lowest BCUT2D eigenvalue weighted by Crippen LogP contribution is -2.67. The maximum Gasteiger partial charge on any atom is 0.351 e. The van der Waals surface area contributed by atoms with Gasteiger partial charge in [0.2, 0.25) is 0 Å². The Morgan fingerprint density at radius 1 is 1.09 bits per heavy atom. The van der Waals surface area contributed by atoms with Gasteiger partial charge in [-0.3, -0.25) is 4.79 Å². The smallest absolute Gasteiger partial charge is 0.351 e. The summed E-state index contributed by atoms with van der Waals surface area (Å²) in [5.41, 5.74) is -7.29. The van der Waals surface area contributed by atoms with Crippen molar-refractivity contribution in [3.8, 4) is 0 Å². The van der Waals surface area contributed by atoms with Gasteiger partial charge in [-0.25, -0.2) is 9.18 Å². The number of nitrogens with zero attached hydrogens (tertiary/aromatic N) is 1. The summed E-state index contributed by atoms with van der Waals surface area (Å²) >= 11 is 0. The van der Waals surface area contributed by atoms with Crippen molar-refractivity contribution in [2.45, 2.75) is 110 Å². The molecule has 0 amide bonds. The van der Waals surface area contributed by atoms with E-state index < -0.39 is 52.3 Å². The maximum atomic E-state index is 15.6. The van der Waals surface area contributed by atoms with Gasteiger partial charge in [0.25, 0.3) is 5.67 Å². The number of rotatable bonds is 2. The third kappa shape index (κ3) is 5.60. The van der Waals surface area contributed by atoms with Gasteiger partial charge in [-0.1, -0.05) is 27.7 Å². The molecule has 0 aromatic rings. The van der Waals surface area contributed by atoms with E-state index >= 15 is 4.39 Å². The zero-order chi connectivity index (χ0) is 26.2. The number of hydrogen-bond acceptors (Lipinski definition) is 7. The molecule has 1 fully saturated rings. The molecule has 0 bridgehead atoms. The lowest BCUT2D eigenvalue weighted by molar-refractivity contribution is -0.224. The molecule has 0 aliphatic carbocycles. The van der Waals surface area contributed by atoms with Gasteiger partial charge >= 0.3 is 5.97 Å². The second-order valence-electron chi connectivity index (χ2n) is 11.0. The van der Waals surface area contributed by atoms with E-state index in [1.807, 2.05) is 32.7 Å². The van der Waals surface area contributed by atoms with E-state index in [9.17, 15) is 19.8 Å². The van der Waals surface area contributed by atoms with Crippen molar-refractivity contribution in [2.75, 3.05) is 20.7 Å². The van der Waals surface area contributed by atoms with E-state index in [1.165, 1.54) is 13.8 Å². The second kappa shape index (κ2) is 10.3. The van der Waals surface area contributed by atoms with Crippen LogP contribution in [0.4, 0.5) is 4.39 Å². The predicted octanol–water partition coefficient (Wildman–Crippen LogP) is 3.14. The van der Waals surface area contributed by atoms with E-state index in [0.717, 1.165) is 6.92 Å². The van der Waals surface area contributed by atoms with E-state index in [1.54, 1.807) is 27.9 Å². The summed E-state index contributed by atoms with van der Waals surface area (Å²) in [5.74, 6) is -3.37. The Labute approximate surface area is 199 Å². The summed E-state index contributed by atoms with van der Waals surface area (Å²) < 4.78 is 26.9. The summed E-state index contributed by atoms with van der Waals surface area (Å²) in [6.45, 7) is 15.2. The molecule has 0 radical (unpaired) electrons. The molecular formula is C25H46FNO6. The molecule has 9 atom stereocenters. The van der Waals surface area contributed by atoms with Crippen LogP contribution >= 0.6 is 0 Å². The van der Waals surface area contributed by atoms with Gasteiger partial charge in [-0.05, 0) is 66.3 Å². The van der Waals surface area contributed by atoms with Crippen LogP contribution in [0.3, 0.4) is 0 Å². The number of methoxy groups -OCH3 is 1. The van der Waals surface area contributed by atoms with Gasteiger partial charge in [0, 0.05) is 25.6 Å². The molecule has 0 saturated carbocycles. The molecule has 7 nitrogen and oxygen atoms in total. The third-order valence-electron chi connectivity index (χ3n) is 8.54. The average Bonchev–Trinajstić information content (AvgIpc) is 2.73. The Bertz CT molecular complexity index is 709. The molecule has 0 unspecified atom stereocenters.